The van der Waals surface area contributed by atoms with Crippen molar-refractivity contribution < 1.29 is 4.79 Å². The summed E-state index contributed by atoms with van der Waals surface area (Å²) in [6.07, 6.45) is 7.82. The van der Waals surface area contributed by atoms with Crippen LogP contribution in [0.2, 0.25) is 0 Å². The van der Waals surface area contributed by atoms with E-state index in [1.165, 1.54) is 12.7 Å². The van der Waals surface area contributed by atoms with E-state index in [0.29, 0.717) is 30.1 Å². The van der Waals surface area contributed by atoms with Crippen LogP contribution in [0.1, 0.15) is 33.1 Å². The molecule has 27 heavy (non-hydrogen) atoms. The second kappa shape index (κ2) is 7.62. The molecule has 2 fully saturated rings. The van der Waals surface area contributed by atoms with Gasteiger partial charge in [-0.05, 0) is 31.1 Å². The molecular weight excluding hydrogens is 342 g/mol. The van der Waals surface area contributed by atoms with Gasteiger partial charge in [-0.1, -0.05) is 13.8 Å². The Morgan fingerprint density at radius 3 is 2.59 bits per heavy atom. The predicted octanol–water partition coefficient (Wildman–Crippen LogP) is 1.78. The van der Waals surface area contributed by atoms with Crippen LogP contribution in [-0.2, 0) is 4.79 Å². The molecule has 2 aromatic heterocycles. The van der Waals surface area contributed by atoms with E-state index in [4.69, 9.17) is 0 Å². The highest BCUT2D eigenvalue weighted by Gasteiger charge is 2.33. The molecule has 0 bridgehead atoms. The first-order chi connectivity index (χ1) is 13.1. The van der Waals surface area contributed by atoms with E-state index >= 15 is 0 Å². The number of amides is 1. The summed E-state index contributed by atoms with van der Waals surface area (Å²) in [7, 11) is 0. The maximum atomic E-state index is 13.1. The average molecular weight is 369 g/mol. The summed E-state index contributed by atoms with van der Waals surface area (Å²) in [5.74, 6) is 3.05. The van der Waals surface area contributed by atoms with Gasteiger partial charge in [-0.15, -0.1) is 0 Å². The number of carbonyl (C=O) groups excluding carboxylic acids is 1. The molecule has 144 valence electrons. The highest BCUT2D eigenvalue weighted by Crippen LogP contribution is 2.27. The molecule has 0 saturated carbocycles. The molecule has 3 atom stereocenters. The van der Waals surface area contributed by atoms with Gasteiger partial charge >= 0.3 is 0 Å². The Hall–Kier alpha value is -2.51. The van der Waals surface area contributed by atoms with Crippen LogP contribution >= 0.6 is 0 Å². The number of hydrogen-bond acceptors (Lipinski definition) is 6. The zero-order valence-electron chi connectivity index (χ0n) is 16.0. The Morgan fingerprint density at radius 1 is 1.07 bits per heavy atom. The molecule has 0 N–H and O–H groups in total. The second-order valence-corrected chi connectivity index (χ2v) is 8.05. The maximum Gasteiger partial charge on any atom is 0.227 e. The molecule has 8 heteroatoms. The lowest BCUT2D eigenvalue weighted by Gasteiger charge is -2.39. The van der Waals surface area contributed by atoms with E-state index in [9.17, 15) is 4.79 Å². The normalized spacial score (nSPS) is 26.2. The van der Waals surface area contributed by atoms with Crippen LogP contribution in [0.3, 0.4) is 0 Å². The molecule has 2 aliphatic heterocycles. The molecule has 1 amide bonds. The zero-order valence-corrected chi connectivity index (χ0v) is 16.0. The van der Waals surface area contributed by atoms with Crippen LogP contribution in [-0.4, -0.2) is 61.7 Å². The summed E-state index contributed by atoms with van der Waals surface area (Å²) >= 11 is 0. The smallest absolute Gasteiger partial charge is 0.227 e. The van der Waals surface area contributed by atoms with Crippen LogP contribution in [0.25, 0.3) is 5.82 Å². The number of anilines is 1. The number of rotatable bonds is 3. The fourth-order valence-electron chi connectivity index (χ4n) is 4.45. The van der Waals surface area contributed by atoms with E-state index in [1.54, 1.807) is 17.3 Å². The molecule has 0 spiro atoms. The van der Waals surface area contributed by atoms with E-state index in [1.807, 2.05) is 6.07 Å². The van der Waals surface area contributed by atoms with Crippen molar-refractivity contribution in [2.45, 2.75) is 33.1 Å². The van der Waals surface area contributed by atoms with E-state index in [-0.39, 0.29) is 5.92 Å². The van der Waals surface area contributed by atoms with Crippen molar-refractivity contribution in [1.82, 2.24) is 29.6 Å². The number of piperidine rings is 2. The highest BCUT2D eigenvalue weighted by molar-refractivity contribution is 5.80. The van der Waals surface area contributed by atoms with Crippen LogP contribution in [0.15, 0.2) is 25.0 Å². The molecule has 4 rings (SSSR count). The van der Waals surface area contributed by atoms with E-state index in [0.717, 1.165) is 38.3 Å². The van der Waals surface area contributed by atoms with Crippen molar-refractivity contribution in [3.05, 3.63) is 25.0 Å². The van der Waals surface area contributed by atoms with Gasteiger partial charge in [0.2, 0.25) is 5.91 Å². The molecule has 2 aromatic rings. The van der Waals surface area contributed by atoms with Gasteiger partial charge in [-0.2, -0.15) is 5.10 Å². The van der Waals surface area contributed by atoms with Crippen LogP contribution in [0, 0.1) is 17.8 Å². The number of carbonyl (C=O) groups is 1. The zero-order chi connectivity index (χ0) is 18.8. The fourth-order valence-corrected chi connectivity index (χ4v) is 4.45. The predicted molar refractivity (Wildman–Crippen MR) is 101 cm³/mol. The number of hydrogen-bond donors (Lipinski definition) is 0. The SMILES string of the molecule is CC1CC(C)CN(C(=O)C2CCCN(c3cc(-n4cncn4)ncn3)C2)C1. The van der Waals surface area contributed by atoms with Crippen molar-refractivity contribution >= 4 is 11.7 Å². The van der Waals surface area contributed by atoms with Crippen LogP contribution < -0.4 is 4.90 Å². The summed E-state index contributed by atoms with van der Waals surface area (Å²) in [5.41, 5.74) is 0. The van der Waals surface area contributed by atoms with Crippen molar-refractivity contribution in [2.24, 2.45) is 17.8 Å². The maximum absolute atomic E-state index is 13.1. The number of likely N-dealkylation sites (tertiary alicyclic amines) is 1. The summed E-state index contributed by atoms with van der Waals surface area (Å²) in [4.78, 5) is 30.1. The summed E-state index contributed by atoms with van der Waals surface area (Å²) in [5, 5.41) is 4.13. The molecule has 2 saturated heterocycles. The topological polar surface area (TPSA) is 80.0 Å². The lowest BCUT2D eigenvalue weighted by atomic mass is 9.89. The van der Waals surface area contributed by atoms with Gasteiger partial charge < -0.3 is 9.80 Å². The Kier molecular flexibility index (Phi) is 5.05. The molecule has 8 nitrogen and oxygen atoms in total. The largest absolute Gasteiger partial charge is 0.356 e. The number of nitrogens with zero attached hydrogens (tertiary/aromatic N) is 7. The first kappa shape index (κ1) is 17.9. The van der Waals surface area contributed by atoms with Crippen LogP contribution in [0.4, 0.5) is 5.82 Å². The van der Waals surface area contributed by atoms with Gasteiger partial charge in [0.15, 0.2) is 5.82 Å². The molecule has 4 heterocycles. The van der Waals surface area contributed by atoms with Crippen molar-refractivity contribution in [3.8, 4) is 5.82 Å². The third kappa shape index (κ3) is 3.94. The van der Waals surface area contributed by atoms with Gasteiger partial charge in [0.25, 0.3) is 0 Å². The van der Waals surface area contributed by atoms with E-state index < -0.39 is 0 Å². The molecule has 2 aliphatic rings. The minimum Gasteiger partial charge on any atom is -0.356 e. The Morgan fingerprint density at radius 2 is 1.85 bits per heavy atom. The van der Waals surface area contributed by atoms with Crippen molar-refractivity contribution in [2.75, 3.05) is 31.1 Å². The average Bonchev–Trinajstić information content (AvgIpc) is 3.22. The Balaban J connectivity index is 1.47. The van der Waals surface area contributed by atoms with Gasteiger partial charge in [-0.25, -0.2) is 19.6 Å². The van der Waals surface area contributed by atoms with Gasteiger partial charge in [0, 0.05) is 32.2 Å². The van der Waals surface area contributed by atoms with Crippen molar-refractivity contribution in [3.63, 3.8) is 0 Å². The van der Waals surface area contributed by atoms with Gasteiger partial charge in [0.05, 0.1) is 5.92 Å². The minimum absolute atomic E-state index is 0.0426. The Labute approximate surface area is 159 Å². The standard InChI is InChI=1S/C19H27N7O/c1-14-6-15(2)9-25(8-14)19(27)16-4-3-5-24(10-16)17-7-18(22-12-21-17)26-13-20-11-23-26/h7,11-16H,3-6,8-10H2,1-2H3. The first-order valence-electron chi connectivity index (χ1n) is 9.81. The molecular formula is C19H27N7O. The van der Waals surface area contributed by atoms with Crippen molar-refractivity contribution in [1.29, 1.82) is 0 Å². The molecule has 3 unspecified atom stereocenters. The first-order valence-corrected chi connectivity index (χ1v) is 9.81. The molecule has 0 radical (unpaired) electrons. The summed E-state index contributed by atoms with van der Waals surface area (Å²) in [6, 6.07) is 1.91. The van der Waals surface area contributed by atoms with Gasteiger partial charge in [-0.3, -0.25) is 4.79 Å². The number of aromatic nitrogens is 5. The highest BCUT2D eigenvalue weighted by atomic mass is 16.2. The monoisotopic (exact) mass is 369 g/mol. The second-order valence-electron chi connectivity index (χ2n) is 8.05. The minimum atomic E-state index is 0.0426. The third-order valence-electron chi connectivity index (χ3n) is 5.57. The third-order valence-corrected chi connectivity index (χ3v) is 5.57. The summed E-state index contributed by atoms with van der Waals surface area (Å²) < 4.78 is 1.62. The lowest BCUT2D eigenvalue weighted by Crippen LogP contribution is -2.49. The molecule has 0 aliphatic carbocycles. The summed E-state index contributed by atoms with van der Waals surface area (Å²) in [6.45, 7) is 7.90. The molecule has 0 aromatic carbocycles. The quantitative estimate of drug-likeness (QED) is 0.820. The Bertz CT molecular complexity index is 768. The lowest BCUT2D eigenvalue weighted by molar-refractivity contribution is -0.138. The van der Waals surface area contributed by atoms with Crippen LogP contribution in [0.5, 0.6) is 0 Å². The fraction of sp³-hybridized carbons (Fsp3) is 0.632. The van der Waals surface area contributed by atoms with Gasteiger partial charge in [0.1, 0.15) is 24.8 Å². The van der Waals surface area contributed by atoms with E-state index in [2.05, 4.69) is 43.7 Å².